The Balaban J connectivity index is 1.91. The van der Waals surface area contributed by atoms with Crippen molar-refractivity contribution >= 4 is 17.1 Å². The van der Waals surface area contributed by atoms with Crippen LogP contribution in [-0.4, -0.2) is 29.8 Å². The predicted octanol–water partition coefficient (Wildman–Crippen LogP) is 2.02. The maximum absolute atomic E-state index is 13.1. The zero-order chi connectivity index (χ0) is 19.8. The van der Waals surface area contributed by atoms with Crippen LogP contribution in [0.1, 0.15) is 38.2 Å². The topological polar surface area (TPSA) is 94.1 Å². The number of nitrogens with one attached hydrogen (secondary N) is 1. The maximum atomic E-state index is 13.1. The zero-order valence-corrected chi connectivity index (χ0v) is 16.2. The van der Waals surface area contributed by atoms with Crippen LogP contribution in [0.2, 0.25) is 0 Å². The maximum Gasteiger partial charge on any atom is 0.332 e. The van der Waals surface area contributed by atoms with E-state index in [1.807, 2.05) is 16.7 Å². The van der Waals surface area contributed by atoms with Crippen LogP contribution in [0.15, 0.2) is 33.9 Å². The van der Waals surface area contributed by atoms with Crippen molar-refractivity contribution in [1.82, 2.24) is 18.7 Å². The zero-order valence-electron chi connectivity index (χ0n) is 16.2. The molecule has 2 aromatic heterocycles. The Morgan fingerprint density at radius 3 is 2.46 bits per heavy atom. The van der Waals surface area contributed by atoms with Crippen LogP contribution in [0, 0.1) is 0 Å². The summed E-state index contributed by atoms with van der Waals surface area (Å²) in [7, 11) is 1.65. The highest BCUT2D eigenvalue weighted by Crippen LogP contribution is 2.25. The second-order valence-corrected chi connectivity index (χ2v) is 7.38. The lowest BCUT2D eigenvalue weighted by Crippen LogP contribution is -2.39. The molecule has 0 atom stereocenters. The molecule has 148 valence electrons. The van der Waals surface area contributed by atoms with E-state index in [0.29, 0.717) is 36.2 Å². The van der Waals surface area contributed by atoms with Crippen molar-refractivity contribution in [2.75, 3.05) is 5.32 Å². The number of phenolic OH excluding ortho intramolecular Hbond substituents is 1. The van der Waals surface area contributed by atoms with E-state index in [4.69, 9.17) is 0 Å². The highest BCUT2D eigenvalue weighted by atomic mass is 16.3. The fourth-order valence-corrected chi connectivity index (χ4v) is 3.95. The summed E-state index contributed by atoms with van der Waals surface area (Å²) in [6.07, 6.45) is 4.50. The fraction of sp³-hybridized carbons (Fsp3) is 0.450. The van der Waals surface area contributed by atoms with Crippen molar-refractivity contribution in [1.29, 1.82) is 0 Å². The Morgan fingerprint density at radius 1 is 1.14 bits per heavy atom. The molecule has 1 saturated carbocycles. The van der Waals surface area contributed by atoms with Gasteiger partial charge in [0.2, 0.25) is 5.95 Å². The summed E-state index contributed by atoms with van der Waals surface area (Å²) < 4.78 is 4.53. The summed E-state index contributed by atoms with van der Waals surface area (Å²) in [6.45, 7) is 2.51. The lowest BCUT2D eigenvalue weighted by Gasteiger charge is -2.15. The number of aromatic nitrogens is 4. The van der Waals surface area contributed by atoms with Crippen LogP contribution in [0.5, 0.6) is 5.75 Å². The minimum atomic E-state index is -0.360. The molecule has 1 aliphatic rings. The molecular weight excluding hydrogens is 358 g/mol. The van der Waals surface area contributed by atoms with Gasteiger partial charge in [-0.05, 0) is 37.5 Å². The summed E-state index contributed by atoms with van der Waals surface area (Å²) >= 11 is 0. The first kappa shape index (κ1) is 18.3. The van der Waals surface area contributed by atoms with Gasteiger partial charge in [0.1, 0.15) is 5.75 Å². The number of rotatable bonds is 5. The van der Waals surface area contributed by atoms with Gasteiger partial charge in [0, 0.05) is 19.6 Å². The molecular formula is C20H25N5O3. The van der Waals surface area contributed by atoms with E-state index >= 15 is 0 Å². The normalized spacial score (nSPS) is 14.8. The van der Waals surface area contributed by atoms with E-state index in [2.05, 4.69) is 10.3 Å². The monoisotopic (exact) mass is 383 g/mol. The molecule has 0 amide bonds. The number of nitrogens with zero attached hydrogens (tertiary/aromatic N) is 4. The predicted molar refractivity (Wildman–Crippen MR) is 108 cm³/mol. The first-order valence-corrected chi connectivity index (χ1v) is 9.74. The highest BCUT2D eigenvalue weighted by Gasteiger charge is 2.23. The molecule has 28 heavy (non-hydrogen) atoms. The number of aryl methyl sites for hydroxylation is 1. The van der Waals surface area contributed by atoms with E-state index in [-0.39, 0.29) is 17.0 Å². The number of benzene rings is 1. The lowest BCUT2D eigenvalue weighted by molar-refractivity contribution is 0.475. The number of phenols is 1. The van der Waals surface area contributed by atoms with Crippen LogP contribution < -0.4 is 16.6 Å². The number of hydrogen-bond acceptors (Lipinski definition) is 5. The summed E-state index contributed by atoms with van der Waals surface area (Å²) in [4.78, 5) is 30.2. The van der Waals surface area contributed by atoms with Gasteiger partial charge in [-0.3, -0.25) is 18.5 Å². The molecule has 4 rings (SSSR count). The smallest absolute Gasteiger partial charge is 0.332 e. The molecule has 1 aliphatic carbocycles. The van der Waals surface area contributed by atoms with Gasteiger partial charge in [0.25, 0.3) is 5.56 Å². The number of aromatic hydroxyl groups is 1. The van der Waals surface area contributed by atoms with E-state index in [1.165, 1.54) is 22.0 Å². The molecule has 0 spiro atoms. The Hall–Kier alpha value is -3.03. The van der Waals surface area contributed by atoms with Gasteiger partial charge in [-0.25, -0.2) is 4.79 Å². The van der Waals surface area contributed by atoms with Crippen molar-refractivity contribution in [2.45, 2.75) is 51.7 Å². The summed E-state index contributed by atoms with van der Waals surface area (Å²) in [5.41, 5.74) is 1.05. The summed E-state index contributed by atoms with van der Waals surface area (Å²) in [5, 5.41) is 13.0. The SMILES string of the molecule is CCn1c(=O)c2c(nc(NC3CCCC3)n2Cc2ccc(O)cc2)n(C)c1=O. The van der Waals surface area contributed by atoms with Crippen molar-refractivity contribution in [3.8, 4) is 5.75 Å². The number of imidazole rings is 1. The average Bonchev–Trinajstić information content (AvgIpc) is 3.31. The van der Waals surface area contributed by atoms with Crippen LogP contribution in [0.3, 0.4) is 0 Å². The largest absolute Gasteiger partial charge is 0.508 e. The van der Waals surface area contributed by atoms with Crippen LogP contribution in [0.25, 0.3) is 11.2 Å². The van der Waals surface area contributed by atoms with Crippen LogP contribution in [0.4, 0.5) is 5.95 Å². The molecule has 8 nitrogen and oxygen atoms in total. The number of hydrogen-bond donors (Lipinski definition) is 2. The van der Waals surface area contributed by atoms with E-state index in [9.17, 15) is 14.7 Å². The third kappa shape index (κ3) is 3.08. The first-order valence-electron chi connectivity index (χ1n) is 9.74. The lowest BCUT2D eigenvalue weighted by atomic mass is 10.2. The van der Waals surface area contributed by atoms with Crippen molar-refractivity contribution < 1.29 is 5.11 Å². The highest BCUT2D eigenvalue weighted by molar-refractivity contribution is 5.74. The third-order valence-electron chi connectivity index (χ3n) is 5.51. The Morgan fingerprint density at radius 2 is 1.82 bits per heavy atom. The van der Waals surface area contributed by atoms with Gasteiger partial charge < -0.3 is 10.4 Å². The van der Waals surface area contributed by atoms with Gasteiger partial charge in [0.05, 0.1) is 6.54 Å². The minimum absolute atomic E-state index is 0.194. The molecule has 0 unspecified atom stereocenters. The molecule has 2 N–H and O–H groups in total. The van der Waals surface area contributed by atoms with Gasteiger partial charge >= 0.3 is 5.69 Å². The molecule has 0 bridgehead atoms. The van der Waals surface area contributed by atoms with Crippen LogP contribution in [-0.2, 0) is 20.1 Å². The molecule has 0 radical (unpaired) electrons. The standard InChI is InChI=1S/C20H25N5O3/c1-3-24-18(27)16-17(23(2)20(24)28)22-19(21-14-6-4-5-7-14)25(16)12-13-8-10-15(26)11-9-13/h8-11,14,26H,3-7,12H2,1-2H3,(H,21,22). The van der Waals surface area contributed by atoms with Crippen molar-refractivity contribution in [2.24, 2.45) is 7.05 Å². The van der Waals surface area contributed by atoms with Gasteiger partial charge in [0.15, 0.2) is 11.2 Å². The molecule has 0 aliphatic heterocycles. The van der Waals surface area contributed by atoms with Gasteiger partial charge in [-0.1, -0.05) is 25.0 Å². The van der Waals surface area contributed by atoms with E-state index in [1.54, 1.807) is 26.1 Å². The average molecular weight is 383 g/mol. The van der Waals surface area contributed by atoms with Crippen molar-refractivity contribution in [3.05, 3.63) is 50.7 Å². The fourth-order valence-electron chi connectivity index (χ4n) is 3.95. The second kappa shape index (κ2) is 7.18. The number of fused-ring (bicyclic) bond motifs is 1. The minimum Gasteiger partial charge on any atom is -0.508 e. The Bertz CT molecular complexity index is 1120. The molecule has 8 heteroatoms. The second-order valence-electron chi connectivity index (χ2n) is 7.38. The van der Waals surface area contributed by atoms with Crippen molar-refractivity contribution in [3.63, 3.8) is 0 Å². The van der Waals surface area contributed by atoms with Crippen LogP contribution >= 0.6 is 0 Å². The summed E-state index contributed by atoms with van der Waals surface area (Å²) in [5.74, 6) is 0.801. The van der Waals surface area contributed by atoms with E-state index in [0.717, 1.165) is 18.4 Å². The third-order valence-corrected chi connectivity index (χ3v) is 5.51. The summed E-state index contributed by atoms with van der Waals surface area (Å²) in [6, 6.07) is 7.21. The van der Waals surface area contributed by atoms with Gasteiger partial charge in [-0.2, -0.15) is 4.98 Å². The molecule has 1 fully saturated rings. The molecule has 0 saturated heterocycles. The number of anilines is 1. The first-order chi connectivity index (χ1) is 13.5. The van der Waals surface area contributed by atoms with E-state index < -0.39 is 0 Å². The molecule has 2 heterocycles. The molecule has 1 aromatic carbocycles. The Kier molecular flexibility index (Phi) is 4.70. The quantitative estimate of drug-likeness (QED) is 0.703. The molecule has 3 aromatic rings. The van der Waals surface area contributed by atoms with Gasteiger partial charge in [-0.15, -0.1) is 0 Å². The Labute approximate surface area is 162 Å².